The highest BCUT2D eigenvalue weighted by Gasteiger charge is 2.16. The molecule has 172 valence electrons. The Bertz CT molecular complexity index is 1020. The number of ether oxygens (including phenoxy) is 2. The zero-order valence-corrected chi connectivity index (χ0v) is 20.4. The Morgan fingerprint density at radius 1 is 1.00 bits per heavy atom. The van der Waals surface area contributed by atoms with Crippen LogP contribution in [0.15, 0.2) is 36.4 Å². The Balaban J connectivity index is 1.95. The summed E-state index contributed by atoms with van der Waals surface area (Å²) in [6, 6.07) is 11.7. The van der Waals surface area contributed by atoms with E-state index in [1.807, 2.05) is 36.4 Å². The number of benzene rings is 2. The molecule has 0 aliphatic rings. The van der Waals surface area contributed by atoms with Gasteiger partial charge in [-0.05, 0) is 69.7 Å². The first kappa shape index (κ1) is 24.1. The third-order valence-electron chi connectivity index (χ3n) is 5.69. The Morgan fingerprint density at radius 2 is 1.66 bits per heavy atom. The maximum atomic E-state index is 6.07. The van der Waals surface area contributed by atoms with Gasteiger partial charge in [0.05, 0.1) is 19.7 Å². The van der Waals surface area contributed by atoms with Crippen LogP contribution in [0.25, 0.3) is 22.3 Å². The molecule has 0 saturated heterocycles. The van der Waals surface area contributed by atoms with E-state index in [1.54, 1.807) is 14.2 Å². The predicted molar refractivity (Wildman–Crippen MR) is 133 cm³/mol. The second kappa shape index (κ2) is 11.3. The van der Waals surface area contributed by atoms with Crippen LogP contribution in [0.2, 0.25) is 5.02 Å². The number of halogens is 1. The van der Waals surface area contributed by atoms with Gasteiger partial charge in [0.25, 0.3) is 0 Å². The summed E-state index contributed by atoms with van der Waals surface area (Å²) in [5.41, 5.74) is 1.70. The average Bonchev–Trinajstić information content (AvgIpc) is 2.81. The zero-order chi connectivity index (χ0) is 23.1. The minimum atomic E-state index is 0.259. The molecule has 0 saturated carbocycles. The molecule has 6 nitrogen and oxygen atoms in total. The summed E-state index contributed by atoms with van der Waals surface area (Å²) in [7, 11) is 3.26. The van der Waals surface area contributed by atoms with Gasteiger partial charge in [0.1, 0.15) is 5.82 Å². The van der Waals surface area contributed by atoms with Gasteiger partial charge in [0.2, 0.25) is 0 Å². The minimum Gasteiger partial charge on any atom is -0.493 e. The van der Waals surface area contributed by atoms with Crippen molar-refractivity contribution in [2.75, 3.05) is 39.2 Å². The van der Waals surface area contributed by atoms with Crippen molar-refractivity contribution in [1.82, 2.24) is 14.9 Å². The molecule has 3 rings (SSSR count). The van der Waals surface area contributed by atoms with Crippen molar-refractivity contribution in [1.29, 1.82) is 0 Å². The largest absolute Gasteiger partial charge is 0.493 e. The van der Waals surface area contributed by atoms with Crippen molar-refractivity contribution in [3.05, 3.63) is 41.4 Å². The van der Waals surface area contributed by atoms with E-state index in [2.05, 4.69) is 31.0 Å². The molecule has 32 heavy (non-hydrogen) atoms. The first-order valence-electron chi connectivity index (χ1n) is 11.2. The molecule has 1 heterocycles. The lowest BCUT2D eigenvalue weighted by Crippen LogP contribution is -2.25. The van der Waals surface area contributed by atoms with Crippen molar-refractivity contribution in [2.24, 2.45) is 0 Å². The number of anilines is 1. The minimum absolute atomic E-state index is 0.259. The predicted octanol–water partition coefficient (Wildman–Crippen LogP) is 5.89. The smallest absolute Gasteiger partial charge is 0.162 e. The van der Waals surface area contributed by atoms with Crippen molar-refractivity contribution < 1.29 is 9.47 Å². The monoisotopic (exact) mass is 456 g/mol. The van der Waals surface area contributed by atoms with E-state index in [1.165, 1.54) is 0 Å². The number of aromatic nitrogens is 2. The normalized spacial score (nSPS) is 12.2. The van der Waals surface area contributed by atoms with Gasteiger partial charge in [0, 0.05) is 28.1 Å². The van der Waals surface area contributed by atoms with Crippen molar-refractivity contribution in [3.63, 3.8) is 0 Å². The molecule has 0 aliphatic carbocycles. The Morgan fingerprint density at radius 3 is 2.28 bits per heavy atom. The second-order valence-corrected chi connectivity index (χ2v) is 8.28. The number of nitrogens with zero attached hydrogens (tertiary/aromatic N) is 3. The van der Waals surface area contributed by atoms with E-state index < -0.39 is 0 Å². The molecule has 3 aromatic rings. The Kier molecular flexibility index (Phi) is 8.53. The van der Waals surface area contributed by atoms with Crippen LogP contribution in [-0.4, -0.2) is 54.8 Å². The van der Waals surface area contributed by atoms with Gasteiger partial charge in [-0.25, -0.2) is 9.97 Å². The van der Waals surface area contributed by atoms with Crippen LogP contribution in [0.4, 0.5) is 5.82 Å². The maximum absolute atomic E-state index is 6.07. The van der Waals surface area contributed by atoms with E-state index >= 15 is 0 Å². The SMILES string of the molecule is CCN(CC)CCCC(C)Nc1nc(-c2ccc(Cl)cc2)nc2cc(OC)c(OC)cc12. The number of hydrogen-bond donors (Lipinski definition) is 1. The lowest BCUT2D eigenvalue weighted by Gasteiger charge is -2.21. The summed E-state index contributed by atoms with van der Waals surface area (Å²) in [6.07, 6.45) is 2.17. The van der Waals surface area contributed by atoms with E-state index in [0.29, 0.717) is 22.3 Å². The highest BCUT2D eigenvalue weighted by Crippen LogP contribution is 2.35. The van der Waals surface area contributed by atoms with Gasteiger partial charge >= 0.3 is 0 Å². The average molecular weight is 457 g/mol. The standard InChI is InChI=1S/C25H33ClN4O2/c1-6-30(7-2)14-8-9-17(3)27-25-20-15-22(31-4)23(32-5)16-21(20)28-24(29-25)18-10-12-19(26)13-11-18/h10-13,15-17H,6-9,14H2,1-5H3,(H,27,28,29). The number of rotatable bonds is 11. The molecule has 0 spiro atoms. The van der Waals surface area contributed by atoms with E-state index in [9.17, 15) is 0 Å². The Labute approximate surface area is 195 Å². The fourth-order valence-electron chi connectivity index (χ4n) is 3.76. The summed E-state index contributed by atoms with van der Waals surface area (Å²) in [5.74, 6) is 2.72. The highest BCUT2D eigenvalue weighted by molar-refractivity contribution is 6.30. The van der Waals surface area contributed by atoms with Gasteiger partial charge in [-0.2, -0.15) is 0 Å². The maximum Gasteiger partial charge on any atom is 0.162 e. The summed E-state index contributed by atoms with van der Waals surface area (Å²) >= 11 is 6.07. The van der Waals surface area contributed by atoms with Crippen LogP contribution in [0.3, 0.4) is 0 Å². The van der Waals surface area contributed by atoms with Crippen molar-refractivity contribution in [3.8, 4) is 22.9 Å². The third kappa shape index (κ3) is 5.81. The molecule has 0 bridgehead atoms. The molecule has 0 fully saturated rings. The molecule has 0 amide bonds. The third-order valence-corrected chi connectivity index (χ3v) is 5.94. The lowest BCUT2D eigenvalue weighted by molar-refractivity contribution is 0.295. The molecule has 1 unspecified atom stereocenters. The van der Waals surface area contributed by atoms with Gasteiger partial charge in [-0.15, -0.1) is 0 Å². The molecule has 0 radical (unpaired) electrons. The van der Waals surface area contributed by atoms with Crippen LogP contribution in [-0.2, 0) is 0 Å². The molecular formula is C25H33ClN4O2. The molecule has 1 aromatic heterocycles. The van der Waals surface area contributed by atoms with Crippen LogP contribution in [0.5, 0.6) is 11.5 Å². The summed E-state index contributed by atoms with van der Waals surface area (Å²) in [5, 5.41) is 5.19. The van der Waals surface area contributed by atoms with E-state index in [4.69, 9.17) is 31.0 Å². The summed E-state index contributed by atoms with van der Waals surface area (Å²) in [4.78, 5) is 12.1. The van der Waals surface area contributed by atoms with Crippen molar-refractivity contribution >= 4 is 28.3 Å². The fraction of sp³-hybridized carbons (Fsp3) is 0.440. The van der Waals surface area contributed by atoms with Crippen molar-refractivity contribution in [2.45, 2.75) is 39.7 Å². The molecule has 1 atom stereocenters. The highest BCUT2D eigenvalue weighted by atomic mass is 35.5. The first-order chi connectivity index (χ1) is 15.5. The topological polar surface area (TPSA) is 59.5 Å². The van der Waals surface area contributed by atoms with Gasteiger partial charge in [-0.3, -0.25) is 0 Å². The van der Waals surface area contributed by atoms with Crippen LogP contribution < -0.4 is 14.8 Å². The van der Waals surface area contributed by atoms with E-state index in [-0.39, 0.29) is 6.04 Å². The molecule has 1 N–H and O–H groups in total. The van der Waals surface area contributed by atoms with E-state index in [0.717, 1.165) is 54.8 Å². The Hall–Kier alpha value is -2.57. The molecule has 0 aliphatic heterocycles. The van der Waals surface area contributed by atoms with Gasteiger partial charge in [-0.1, -0.05) is 25.4 Å². The van der Waals surface area contributed by atoms with Crippen LogP contribution in [0, 0.1) is 0 Å². The number of methoxy groups -OCH3 is 2. The molecular weight excluding hydrogens is 424 g/mol. The van der Waals surface area contributed by atoms with Gasteiger partial charge in [0.15, 0.2) is 17.3 Å². The lowest BCUT2D eigenvalue weighted by atomic mass is 10.1. The fourth-order valence-corrected chi connectivity index (χ4v) is 3.89. The quantitative estimate of drug-likeness (QED) is 0.388. The molecule has 7 heteroatoms. The molecule has 2 aromatic carbocycles. The summed E-state index contributed by atoms with van der Waals surface area (Å²) in [6.45, 7) is 9.88. The summed E-state index contributed by atoms with van der Waals surface area (Å²) < 4.78 is 11.0. The number of hydrogen-bond acceptors (Lipinski definition) is 6. The first-order valence-corrected chi connectivity index (χ1v) is 11.5. The number of nitrogens with one attached hydrogen (secondary N) is 1. The second-order valence-electron chi connectivity index (χ2n) is 7.84. The number of fused-ring (bicyclic) bond motifs is 1. The van der Waals surface area contributed by atoms with Crippen LogP contribution in [0.1, 0.15) is 33.6 Å². The zero-order valence-electron chi connectivity index (χ0n) is 19.6. The van der Waals surface area contributed by atoms with Crippen LogP contribution >= 0.6 is 11.6 Å². The van der Waals surface area contributed by atoms with Gasteiger partial charge < -0.3 is 19.7 Å².